The number of aryl methyl sites for hydroxylation is 1. The highest BCUT2D eigenvalue weighted by atomic mass is 16.3. The molecule has 1 N–H and O–H groups in total. The first-order valence-corrected chi connectivity index (χ1v) is 4.83. The lowest BCUT2D eigenvalue weighted by Crippen LogP contribution is -2.17. The van der Waals surface area contributed by atoms with E-state index in [2.05, 4.69) is 11.8 Å². The van der Waals surface area contributed by atoms with Crippen LogP contribution in [-0.2, 0) is 5.60 Å². The van der Waals surface area contributed by atoms with Crippen molar-refractivity contribution in [3.05, 3.63) is 29.3 Å². The van der Waals surface area contributed by atoms with Crippen LogP contribution in [0, 0.1) is 6.92 Å². The van der Waals surface area contributed by atoms with Crippen molar-refractivity contribution < 1.29 is 5.11 Å². The van der Waals surface area contributed by atoms with Gasteiger partial charge in [-0.1, -0.05) is 12.1 Å². The van der Waals surface area contributed by atoms with Gasteiger partial charge in [0.1, 0.15) is 0 Å². The molecule has 1 rings (SSSR count). The zero-order valence-electron chi connectivity index (χ0n) is 9.63. The number of benzene rings is 1. The largest absolute Gasteiger partial charge is 0.386 e. The maximum Gasteiger partial charge on any atom is 0.0841 e. The monoisotopic (exact) mass is 193 g/mol. The molecule has 1 aromatic rings. The van der Waals surface area contributed by atoms with Crippen LogP contribution in [0.4, 0.5) is 5.69 Å². The Kier molecular flexibility index (Phi) is 2.86. The first kappa shape index (κ1) is 11.1. The van der Waals surface area contributed by atoms with Crippen LogP contribution in [0.25, 0.3) is 0 Å². The van der Waals surface area contributed by atoms with Crippen LogP contribution >= 0.6 is 0 Å². The first-order valence-electron chi connectivity index (χ1n) is 4.83. The topological polar surface area (TPSA) is 23.5 Å². The highest BCUT2D eigenvalue weighted by molar-refractivity contribution is 5.54. The minimum Gasteiger partial charge on any atom is -0.386 e. The van der Waals surface area contributed by atoms with Gasteiger partial charge in [-0.15, -0.1) is 0 Å². The molecule has 0 aliphatic carbocycles. The molecule has 0 bridgehead atoms. The molecular formula is C12H19NO. The fourth-order valence-electron chi connectivity index (χ4n) is 1.47. The van der Waals surface area contributed by atoms with Crippen LogP contribution in [0.1, 0.15) is 25.0 Å². The van der Waals surface area contributed by atoms with Gasteiger partial charge in [0.05, 0.1) is 5.60 Å². The Hall–Kier alpha value is -1.02. The minimum atomic E-state index is -0.765. The third-order valence-electron chi connectivity index (χ3n) is 2.40. The number of hydrogen-bond donors (Lipinski definition) is 1. The van der Waals surface area contributed by atoms with Gasteiger partial charge in [-0.3, -0.25) is 0 Å². The SMILES string of the molecule is Cc1ccc(C(C)(C)O)cc1N(C)C. The molecular weight excluding hydrogens is 174 g/mol. The number of rotatable bonds is 2. The summed E-state index contributed by atoms with van der Waals surface area (Å²) in [7, 11) is 4.02. The van der Waals surface area contributed by atoms with E-state index in [-0.39, 0.29) is 0 Å². The molecule has 0 atom stereocenters. The van der Waals surface area contributed by atoms with Crippen molar-refractivity contribution in [2.45, 2.75) is 26.4 Å². The number of hydrogen-bond acceptors (Lipinski definition) is 2. The van der Waals surface area contributed by atoms with E-state index < -0.39 is 5.60 Å². The maximum absolute atomic E-state index is 9.87. The lowest BCUT2D eigenvalue weighted by atomic mass is 9.96. The van der Waals surface area contributed by atoms with E-state index in [1.807, 2.05) is 32.3 Å². The summed E-state index contributed by atoms with van der Waals surface area (Å²) in [6, 6.07) is 6.06. The fourth-order valence-corrected chi connectivity index (χ4v) is 1.47. The molecule has 0 saturated heterocycles. The van der Waals surface area contributed by atoms with Crippen LogP contribution in [0.5, 0.6) is 0 Å². The third-order valence-corrected chi connectivity index (χ3v) is 2.40. The Morgan fingerprint density at radius 2 is 1.79 bits per heavy atom. The molecule has 0 aromatic heterocycles. The van der Waals surface area contributed by atoms with Crippen LogP contribution in [0.15, 0.2) is 18.2 Å². The van der Waals surface area contributed by atoms with E-state index in [1.165, 1.54) is 5.56 Å². The van der Waals surface area contributed by atoms with Crippen molar-refractivity contribution >= 4 is 5.69 Å². The molecule has 2 heteroatoms. The van der Waals surface area contributed by atoms with Crippen molar-refractivity contribution in [2.24, 2.45) is 0 Å². The zero-order chi connectivity index (χ0) is 10.9. The van der Waals surface area contributed by atoms with Gasteiger partial charge in [-0.05, 0) is 38.0 Å². The van der Waals surface area contributed by atoms with Crippen molar-refractivity contribution in [2.75, 3.05) is 19.0 Å². The second kappa shape index (κ2) is 3.62. The third kappa shape index (κ3) is 2.26. The molecule has 0 aliphatic rings. The molecule has 0 saturated carbocycles. The van der Waals surface area contributed by atoms with Crippen molar-refractivity contribution in [3.8, 4) is 0 Å². The molecule has 14 heavy (non-hydrogen) atoms. The van der Waals surface area contributed by atoms with E-state index in [9.17, 15) is 5.11 Å². The highest BCUT2D eigenvalue weighted by Crippen LogP contribution is 2.26. The van der Waals surface area contributed by atoms with Crippen molar-refractivity contribution in [3.63, 3.8) is 0 Å². The first-order chi connectivity index (χ1) is 6.32. The van der Waals surface area contributed by atoms with E-state index in [4.69, 9.17) is 0 Å². The van der Waals surface area contributed by atoms with Gasteiger partial charge in [-0.2, -0.15) is 0 Å². The molecule has 0 aliphatic heterocycles. The molecule has 0 radical (unpaired) electrons. The van der Waals surface area contributed by atoms with E-state index in [0.29, 0.717) is 0 Å². The summed E-state index contributed by atoms with van der Waals surface area (Å²) in [6.45, 7) is 5.68. The van der Waals surface area contributed by atoms with Gasteiger partial charge in [0.15, 0.2) is 0 Å². The quantitative estimate of drug-likeness (QED) is 0.779. The van der Waals surface area contributed by atoms with Crippen LogP contribution < -0.4 is 4.90 Å². The standard InChI is InChI=1S/C12H19NO/c1-9-6-7-10(12(2,3)14)8-11(9)13(4)5/h6-8,14H,1-5H3. The second-order valence-corrected chi connectivity index (χ2v) is 4.45. The number of nitrogens with zero attached hydrogens (tertiary/aromatic N) is 1. The fraction of sp³-hybridized carbons (Fsp3) is 0.500. The average Bonchev–Trinajstić information content (AvgIpc) is 2.02. The van der Waals surface area contributed by atoms with E-state index in [1.54, 1.807) is 13.8 Å². The number of anilines is 1. The normalized spacial score (nSPS) is 11.6. The van der Waals surface area contributed by atoms with Gasteiger partial charge >= 0.3 is 0 Å². The lowest BCUT2D eigenvalue weighted by Gasteiger charge is -2.22. The predicted molar refractivity (Wildman–Crippen MR) is 60.8 cm³/mol. The summed E-state index contributed by atoms with van der Waals surface area (Å²) in [5, 5.41) is 9.87. The summed E-state index contributed by atoms with van der Waals surface area (Å²) < 4.78 is 0. The van der Waals surface area contributed by atoms with Crippen LogP contribution in [0.3, 0.4) is 0 Å². The summed E-state index contributed by atoms with van der Waals surface area (Å²) in [5.74, 6) is 0. The Morgan fingerprint density at radius 1 is 1.21 bits per heavy atom. The molecule has 0 heterocycles. The zero-order valence-corrected chi connectivity index (χ0v) is 9.63. The molecule has 0 amide bonds. The lowest BCUT2D eigenvalue weighted by molar-refractivity contribution is 0.0786. The second-order valence-electron chi connectivity index (χ2n) is 4.45. The Labute approximate surface area is 86.2 Å². The molecule has 0 spiro atoms. The Bertz CT molecular complexity index is 324. The predicted octanol–water partition coefficient (Wildman–Crippen LogP) is 2.29. The maximum atomic E-state index is 9.87. The minimum absolute atomic E-state index is 0.765. The molecule has 1 aromatic carbocycles. The summed E-state index contributed by atoms with van der Waals surface area (Å²) in [6.07, 6.45) is 0. The average molecular weight is 193 g/mol. The van der Waals surface area contributed by atoms with E-state index in [0.717, 1.165) is 11.3 Å². The molecule has 0 fully saturated rings. The summed E-state index contributed by atoms with van der Waals surface area (Å²) >= 11 is 0. The number of aliphatic hydroxyl groups is 1. The van der Waals surface area contributed by atoms with Crippen molar-refractivity contribution in [1.82, 2.24) is 0 Å². The summed E-state index contributed by atoms with van der Waals surface area (Å²) in [5.41, 5.74) is 2.57. The van der Waals surface area contributed by atoms with E-state index >= 15 is 0 Å². The van der Waals surface area contributed by atoms with Gasteiger partial charge in [0, 0.05) is 19.8 Å². The van der Waals surface area contributed by atoms with Gasteiger partial charge < -0.3 is 10.0 Å². The van der Waals surface area contributed by atoms with Crippen LogP contribution in [-0.4, -0.2) is 19.2 Å². The molecule has 78 valence electrons. The Balaban J connectivity index is 3.20. The summed E-state index contributed by atoms with van der Waals surface area (Å²) in [4.78, 5) is 2.06. The Morgan fingerprint density at radius 3 is 2.21 bits per heavy atom. The highest BCUT2D eigenvalue weighted by Gasteiger charge is 2.16. The molecule has 0 unspecified atom stereocenters. The van der Waals surface area contributed by atoms with Gasteiger partial charge in [0.2, 0.25) is 0 Å². The van der Waals surface area contributed by atoms with Crippen LogP contribution in [0.2, 0.25) is 0 Å². The smallest absolute Gasteiger partial charge is 0.0841 e. The van der Waals surface area contributed by atoms with Gasteiger partial charge in [0.25, 0.3) is 0 Å². The van der Waals surface area contributed by atoms with Gasteiger partial charge in [-0.25, -0.2) is 0 Å². The van der Waals surface area contributed by atoms with Crippen molar-refractivity contribution in [1.29, 1.82) is 0 Å². The molecule has 2 nitrogen and oxygen atoms in total.